The quantitative estimate of drug-likeness (QED) is 0.873. The second kappa shape index (κ2) is 7.60. The fourth-order valence-electron chi connectivity index (χ4n) is 2.51. The fraction of sp³-hybridized carbons (Fsp3) is 0.333. The van der Waals surface area contributed by atoms with Gasteiger partial charge < -0.3 is 5.73 Å². The van der Waals surface area contributed by atoms with Gasteiger partial charge in [0.25, 0.3) is 0 Å². The van der Waals surface area contributed by atoms with Gasteiger partial charge >= 0.3 is 0 Å². The summed E-state index contributed by atoms with van der Waals surface area (Å²) in [7, 11) is 2.15. The van der Waals surface area contributed by atoms with Crippen LogP contribution in [0.4, 0.5) is 0 Å². The monoisotopic (exact) mass is 302 g/mol. The van der Waals surface area contributed by atoms with Gasteiger partial charge in [-0.05, 0) is 55.8 Å². The molecule has 0 bridgehead atoms. The third-order valence-corrected chi connectivity index (χ3v) is 4.22. The van der Waals surface area contributed by atoms with E-state index in [0.29, 0.717) is 12.6 Å². The number of nitrogens with zero attached hydrogens (tertiary/aromatic N) is 1. The van der Waals surface area contributed by atoms with Gasteiger partial charge in [0.2, 0.25) is 0 Å². The second-order valence-electron chi connectivity index (χ2n) is 5.45. The predicted octanol–water partition coefficient (Wildman–Crippen LogP) is 4.03. The molecule has 0 aromatic heterocycles. The Balaban J connectivity index is 2.10. The summed E-state index contributed by atoms with van der Waals surface area (Å²) in [4.78, 5) is 2.35. The molecule has 2 N–H and O–H groups in total. The summed E-state index contributed by atoms with van der Waals surface area (Å²) < 4.78 is 0. The number of nitrogens with two attached hydrogens (primary N) is 1. The largest absolute Gasteiger partial charge is 0.330 e. The first kappa shape index (κ1) is 16.0. The van der Waals surface area contributed by atoms with E-state index in [1.54, 1.807) is 0 Å². The molecule has 0 aliphatic heterocycles. The molecule has 0 saturated heterocycles. The van der Waals surface area contributed by atoms with Crippen LogP contribution in [0.5, 0.6) is 0 Å². The van der Waals surface area contributed by atoms with E-state index in [1.807, 2.05) is 12.1 Å². The van der Waals surface area contributed by atoms with Crippen molar-refractivity contribution in [2.75, 3.05) is 13.6 Å². The number of hydrogen-bond acceptors (Lipinski definition) is 2. The Morgan fingerprint density at radius 3 is 2.29 bits per heavy atom. The van der Waals surface area contributed by atoms with Crippen molar-refractivity contribution in [1.82, 2.24) is 4.90 Å². The molecule has 0 saturated carbocycles. The van der Waals surface area contributed by atoms with Crippen LogP contribution in [-0.4, -0.2) is 18.5 Å². The zero-order chi connectivity index (χ0) is 15.2. The minimum absolute atomic E-state index is 0.341. The first-order chi connectivity index (χ1) is 10.1. The van der Waals surface area contributed by atoms with Crippen LogP contribution in [0.2, 0.25) is 5.02 Å². The van der Waals surface area contributed by atoms with E-state index >= 15 is 0 Å². The molecule has 2 rings (SSSR count). The summed E-state index contributed by atoms with van der Waals surface area (Å²) in [6, 6.07) is 17.0. The van der Waals surface area contributed by atoms with E-state index in [1.165, 1.54) is 16.7 Å². The Bertz CT molecular complexity index is 566. The van der Waals surface area contributed by atoms with Gasteiger partial charge in [-0.1, -0.05) is 48.0 Å². The number of rotatable bonds is 6. The Morgan fingerprint density at radius 1 is 1.05 bits per heavy atom. The van der Waals surface area contributed by atoms with Gasteiger partial charge in [-0.3, -0.25) is 4.90 Å². The molecule has 21 heavy (non-hydrogen) atoms. The van der Waals surface area contributed by atoms with E-state index in [-0.39, 0.29) is 0 Å². The van der Waals surface area contributed by atoms with Crippen molar-refractivity contribution in [1.29, 1.82) is 0 Å². The van der Waals surface area contributed by atoms with E-state index in [0.717, 1.165) is 18.0 Å². The molecule has 0 aliphatic carbocycles. The summed E-state index contributed by atoms with van der Waals surface area (Å²) in [6.07, 6.45) is 0.930. The lowest BCUT2D eigenvalue weighted by atomic mass is 10.0. The van der Waals surface area contributed by atoms with Crippen LogP contribution in [0.25, 0.3) is 0 Å². The van der Waals surface area contributed by atoms with Crippen LogP contribution in [0.15, 0.2) is 48.5 Å². The van der Waals surface area contributed by atoms with Crippen molar-refractivity contribution in [2.24, 2.45) is 5.73 Å². The maximum atomic E-state index is 5.96. The van der Waals surface area contributed by atoms with Crippen molar-refractivity contribution in [2.45, 2.75) is 25.9 Å². The van der Waals surface area contributed by atoms with Gasteiger partial charge in [-0.15, -0.1) is 0 Å². The first-order valence-corrected chi connectivity index (χ1v) is 7.72. The van der Waals surface area contributed by atoms with Gasteiger partial charge in [-0.2, -0.15) is 0 Å². The van der Waals surface area contributed by atoms with Gasteiger partial charge in [0, 0.05) is 17.6 Å². The lowest BCUT2D eigenvalue weighted by Crippen LogP contribution is -2.22. The van der Waals surface area contributed by atoms with Crippen LogP contribution in [0, 0.1) is 0 Å². The zero-order valence-corrected chi connectivity index (χ0v) is 13.5. The highest BCUT2D eigenvalue weighted by Crippen LogP contribution is 2.23. The molecular formula is C18H23ClN2. The Morgan fingerprint density at radius 2 is 1.67 bits per heavy atom. The Hall–Kier alpha value is -1.35. The number of hydrogen-bond donors (Lipinski definition) is 1. The van der Waals surface area contributed by atoms with Crippen LogP contribution >= 0.6 is 11.6 Å². The molecule has 0 amide bonds. The van der Waals surface area contributed by atoms with Crippen LogP contribution < -0.4 is 5.73 Å². The predicted molar refractivity (Wildman–Crippen MR) is 90.5 cm³/mol. The average molecular weight is 303 g/mol. The molecule has 2 aromatic rings. The fourth-order valence-corrected chi connectivity index (χ4v) is 2.64. The van der Waals surface area contributed by atoms with Gasteiger partial charge in [0.1, 0.15) is 0 Å². The highest BCUT2D eigenvalue weighted by atomic mass is 35.5. The molecule has 2 aromatic carbocycles. The molecule has 0 heterocycles. The highest BCUT2D eigenvalue weighted by Gasteiger charge is 2.13. The van der Waals surface area contributed by atoms with E-state index in [9.17, 15) is 0 Å². The first-order valence-electron chi connectivity index (χ1n) is 7.34. The maximum Gasteiger partial charge on any atom is 0.0406 e. The average Bonchev–Trinajstić information content (AvgIpc) is 2.49. The lowest BCUT2D eigenvalue weighted by molar-refractivity contribution is 0.252. The number of halogens is 1. The summed E-state index contributed by atoms with van der Waals surface area (Å²) >= 11 is 5.96. The van der Waals surface area contributed by atoms with Crippen molar-refractivity contribution < 1.29 is 0 Å². The maximum absolute atomic E-state index is 5.96. The van der Waals surface area contributed by atoms with Crippen molar-refractivity contribution in [3.05, 3.63) is 70.2 Å². The molecule has 112 valence electrons. The molecule has 1 unspecified atom stereocenters. The van der Waals surface area contributed by atoms with Crippen molar-refractivity contribution >= 4 is 11.6 Å². The van der Waals surface area contributed by atoms with Crippen molar-refractivity contribution in [3.8, 4) is 0 Å². The second-order valence-corrected chi connectivity index (χ2v) is 5.89. The van der Waals surface area contributed by atoms with Gasteiger partial charge in [0.05, 0.1) is 0 Å². The smallest absolute Gasteiger partial charge is 0.0406 e. The zero-order valence-electron chi connectivity index (χ0n) is 12.7. The Kier molecular flexibility index (Phi) is 5.80. The topological polar surface area (TPSA) is 29.3 Å². The minimum Gasteiger partial charge on any atom is -0.330 e. The Labute approximate surface area is 132 Å². The normalized spacial score (nSPS) is 12.6. The molecular weight excluding hydrogens is 280 g/mol. The lowest BCUT2D eigenvalue weighted by Gasteiger charge is -2.26. The molecule has 0 radical (unpaired) electrons. The van der Waals surface area contributed by atoms with Crippen LogP contribution in [-0.2, 0) is 13.0 Å². The van der Waals surface area contributed by atoms with E-state index in [4.69, 9.17) is 17.3 Å². The number of benzene rings is 2. The van der Waals surface area contributed by atoms with E-state index in [2.05, 4.69) is 55.3 Å². The van der Waals surface area contributed by atoms with Gasteiger partial charge in [-0.25, -0.2) is 0 Å². The highest BCUT2D eigenvalue weighted by molar-refractivity contribution is 6.30. The minimum atomic E-state index is 0.341. The van der Waals surface area contributed by atoms with Gasteiger partial charge in [0.15, 0.2) is 0 Å². The summed E-state index contributed by atoms with van der Waals surface area (Å²) in [6.45, 7) is 3.82. The third kappa shape index (κ3) is 4.31. The molecule has 1 atom stereocenters. The molecule has 0 spiro atoms. The third-order valence-electron chi connectivity index (χ3n) is 3.97. The van der Waals surface area contributed by atoms with Crippen LogP contribution in [0.1, 0.15) is 29.7 Å². The molecule has 0 fully saturated rings. The molecule has 2 nitrogen and oxygen atoms in total. The van der Waals surface area contributed by atoms with Crippen LogP contribution in [0.3, 0.4) is 0 Å². The standard InChI is InChI=1S/C18H23ClN2/c1-14(15-7-9-18(19)10-8-15)21(2)13-17-6-4-3-5-16(17)11-12-20/h3-10,14H,11-13,20H2,1-2H3. The summed E-state index contributed by atoms with van der Waals surface area (Å²) in [5.74, 6) is 0. The van der Waals surface area contributed by atoms with E-state index < -0.39 is 0 Å². The van der Waals surface area contributed by atoms with Crippen molar-refractivity contribution in [3.63, 3.8) is 0 Å². The molecule has 3 heteroatoms. The summed E-state index contributed by atoms with van der Waals surface area (Å²) in [5, 5.41) is 0.780. The molecule has 0 aliphatic rings. The SMILES string of the molecule is CC(c1ccc(Cl)cc1)N(C)Cc1ccccc1CCN. The summed E-state index contributed by atoms with van der Waals surface area (Å²) in [5.41, 5.74) is 9.67.